The Bertz CT molecular complexity index is 1060. The summed E-state index contributed by atoms with van der Waals surface area (Å²) in [5.74, 6) is 1.11. The van der Waals surface area contributed by atoms with Crippen LogP contribution in [0.25, 0.3) is 0 Å². The average molecular weight is 452 g/mol. The fourth-order valence-electron chi connectivity index (χ4n) is 3.78. The molecule has 1 aliphatic heterocycles. The molecule has 0 saturated carbocycles. The van der Waals surface area contributed by atoms with E-state index in [2.05, 4.69) is 40.1 Å². The lowest BCUT2D eigenvalue weighted by Crippen LogP contribution is -2.34. The molecular weight excluding hydrogens is 422 g/mol. The minimum Gasteiger partial charge on any atom is -0.477 e. The molecule has 3 aromatic rings. The zero-order valence-corrected chi connectivity index (χ0v) is 19.3. The number of hydrogen-bond acceptors (Lipinski definition) is 7. The summed E-state index contributed by atoms with van der Waals surface area (Å²) in [6, 6.07) is 9.56. The maximum atomic E-state index is 13.1. The summed E-state index contributed by atoms with van der Waals surface area (Å²) in [5, 5.41) is 5.46. The van der Waals surface area contributed by atoms with Crippen LogP contribution in [0.15, 0.2) is 41.9 Å². The highest BCUT2D eigenvalue weighted by atomic mass is 32.1. The molecule has 3 heterocycles. The van der Waals surface area contributed by atoms with Crippen molar-refractivity contribution in [2.45, 2.75) is 33.1 Å². The number of nitrogens with two attached hydrogens (primary N) is 1. The van der Waals surface area contributed by atoms with Gasteiger partial charge in [0.15, 0.2) is 5.13 Å². The third kappa shape index (κ3) is 5.56. The highest BCUT2D eigenvalue weighted by Gasteiger charge is 2.21. The Morgan fingerprint density at radius 1 is 1.28 bits per heavy atom. The van der Waals surface area contributed by atoms with Gasteiger partial charge in [0, 0.05) is 36.6 Å². The van der Waals surface area contributed by atoms with Crippen LogP contribution in [0.3, 0.4) is 0 Å². The molecule has 0 bridgehead atoms. The number of amides is 1. The SMILES string of the molecule is Cc1ccc(C(=O)Nc2ccc(OCCc3csc(N)n3)nc2)c(N2CCC(C)CC2)c1. The van der Waals surface area contributed by atoms with Crippen molar-refractivity contribution in [3.05, 3.63) is 58.7 Å². The molecule has 7 nitrogen and oxygen atoms in total. The molecule has 8 heteroatoms. The minimum absolute atomic E-state index is 0.129. The Kier molecular flexibility index (Phi) is 6.90. The number of hydrogen-bond donors (Lipinski definition) is 2. The van der Waals surface area contributed by atoms with Crippen molar-refractivity contribution in [1.82, 2.24) is 9.97 Å². The lowest BCUT2D eigenvalue weighted by molar-refractivity contribution is 0.102. The second-order valence-corrected chi connectivity index (χ2v) is 9.19. The molecule has 32 heavy (non-hydrogen) atoms. The van der Waals surface area contributed by atoms with Gasteiger partial charge in [-0.1, -0.05) is 13.0 Å². The van der Waals surface area contributed by atoms with Crippen molar-refractivity contribution in [2.24, 2.45) is 5.92 Å². The predicted molar refractivity (Wildman–Crippen MR) is 130 cm³/mol. The molecule has 0 spiro atoms. The van der Waals surface area contributed by atoms with E-state index in [-0.39, 0.29) is 5.91 Å². The van der Waals surface area contributed by atoms with Crippen molar-refractivity contribution in [3.8, 4) is 5.88 Å². The van der Waals surface area contributed by atoms with E-state index in [4.69, 9.17) is 10.5 Å². The quantitative estimate of drug-likeness (QED) is 0.548. The number of aryl methyl sites for hydroxylation is 1. The van der Waals surface area contributed by atoms with Gasteiger partial charge in [-0.3, -0.25) is 4.79 Å². The lowest BCUT2D eigenvalue weighted by Gasteiger charge is -2.33. The van der Waals surface area contributed by atoms with Gasteiger partial charge in [-0.25, -0.2) is 9.97 Å². The largest absolute Gasteiger partial charge is 0.477 e. The molecule has 3 N–H and O–H groups in total. The fraction of sp³-hybridized carbons (Fsp3) is 0.375. The second kappa shape index (κ2) is 9.99. The minimum atomic E-state index is -0.129. The predicted octanol–water partition coefficient (Wildman–Crippen LogP) is 4.54. The smallest absolute Gasteiger partial charge is 0.257 e. The fourth-order valence-corrected chi connectivity index (χ4v) is 4.38. The van der Waals surface area contributed by atoms with Gasteiger partial charge in [-0.05, 0) is 49.4 Å². The number of nitrogens with one attached hydrogen (secondary N) is 1. The number of thiazole rings is 1. The summed E-state index contributed by atoms with van der Waals surface area (Å²) in [6.45, 7) is 6.77. The molecule has 4 rings (SSSR count). The van der Waals surface area contributed by atoms with Crippen LogP contribution in [0, 0.1) is 12.8 Å². The van der Waals surface area contributed by atoms with Crippen LogP contribution in [-0.2, 0) is 6.42 Å². The van der Waals surface area contributed by atoms with Crippen LogP contribution in [-0.4, -0.2) is 35.6 Å². The third-order valence-corrected chi connectivity index (χ3v) is 6.42. The number of benzene rings is 1. The van der Waals surface area contributed by atoms with Crippen LogP contribution >= 0.6 is 11.3 Å². The van der Waals surface area contributed by atoms with Crippen LogP contribution in [0.4, 0.5) is 16.5 Å². The number of anilines is 3. The van der Waals surface area contributed by atoms with E-state index in [0.29, 0.717) is 35.3 Å². The molecule has 1 aromatic carbocycles. The summed E-state index contributed by atoms with van der Waals surface area (Å²) in [6.07, 6.45) is 4.58. The van der Waals surface area contributed by atoms with Crippen LogP contribution < -0.4 is 20.7 Å². The Hall–Kier alpha value is -3.13. The van der Waals surface area contributed by atoms with Crippen molar-refractivity contribution in [1.29, 1.82) is 0 Å². The van der Waals surface area contributed by atoms with E-state index in [9.17, 15) is 4.79 Å². The molecule has 0 unspecified atom stereocenters. The van der Waals surface area contributed by atoms with Crippen molar-refractivity contribution >= 4 is 33.8 Å². The summed E-state index contributed by atoms with van der Waals surface area (Å²) >= 11 is 1.42. The van der Waals surface area contributed by atoms with Crippen LogP contribution in [0.5, 0.6) is 5.88 Å². The number of ether oxygens (including phenoxy) is 1. The van der Waals surface area contributed by atoms with E-state index in [1.54, 1.807) is 18.3 Å². The van der Waals surface area contributed by atoms with Crippen molar-refractivity contribution in [3.63, 3.8) is 0 Å². The molecule has 1 saturated heterocycles. The number of pyridine rings is 1. The normalized spacial score (nSPS) is 14.4. The Morgan fingerprint density at radius 3 is 2.78 bits per heavy atom. The van der Waals surface area contributed by atoms with Gasteiger partial charge in [-0.15, -0.1) is 11.3 Å². The Morgan fingerprint density at radius 2 is 2.09 bits per heavy atom. The van der Waals surface area contributed by atoms with E-state index >= 15 is 0 Å². The molecule has 1 aliphatic rings. The first-order valence-corrected chi connectivity index (χ1v) is 11.8. The monoisotopic (exact) mass is 451 g/mol. The molecule has 0 atom stereocenters. The lowest BCUT2D eigenvalue weighted by atomic mass is 9.97. The number of aromatic nitrogens is 2. The summed E-state index contributed by atoms with van der Waals surface area (Å²) in [7, 11) is 0. The third-order valence-electron chi connectivity index (χ3n) is 5.69. The van der Waals surface area contributed by atoms with Gasteiger partial charge in [-0.2, -0.15) is 0 Å². The van der Waals surface area contributed by atoms with E-state index < -0.39 is 0 Å². The van der Waals surface area contributed by atoms with Crippen LogP contribution in [0.2, 0.25) is 0 Å². The van der Waals surface area contributed by atoms with E-state index in [1.165, 1.54) is 11.3 Å². The average Bonchev–Trinajstić information content (AvgIpc) is 3.20. The maximum absolute atomic E-state index is 13.1. The highest BCUT2D eigenvalue weighted by Crippen LogP contribution is 2.28. The Labute approximate surface area is 192 Å². The number of nitrogens with zero attached hydrogens (tertiary/aromatic N) is 3. The number of carbonyl (C=O) groups is 1. The number of rotatable bonds is 7. The van der Waals surface area contributed by atoms with Crippen molar-refractivity contribution in [2.75, 3.05) is 35.6 Å². The topological polar surface area (TPSA) is 93.4 Å². The van der Waals surface area contributed by atoms with Gasteiger partial charge < -0.3 is 20.7 Å². The molecule has 0 radical (unpaired) electrons. The number of carbonyl (C=O) groups excluding carboxylic acids is 1. The van der Waals surface area contributed by atoms with E-state index in [0.717, 1.165) is 48.8 Å². The Balaban J connectivity index is 1.37. The summed E-state index contributed by atoms with van der Waals surface area (Å²) in [5.41, 5.74) is 10.0. The van der Waals surface area contributed by atoms with Gasteiger partial charge in [0.2, 0.25) is 5.88 Å². The molecule has 1 fully saturated rings. The molecule has 0 aliphatic carbocycles. The van der Waals surface area contributed by atoms with Gasteiger partial charge in [0.25, 0.3) is 5.91 Å². The van der Waals surface area contributed by atoms with Gasteiger partial charge >= 0.3 is 0 Å². The van der Waals surface area contributed by atoms with Crippen LogP contribution in [0.1, 0.15) is 41.4 Å². The maximum Gasteiger partial charge on any atom is 0.257 e. The first-order valence-electron chi connectivity index (χ1n) is 10.9. The van der Waals surface area contributed by atoms with E-state index in [1.807, 2.05) is 17.5 Å². The molecule has 168 valence electrons. The van der Waals surface area contributed by atoms with Gasteiger partial charge in [0.1, 0.15) is 0 Å². The number of piperidine rings is 1. The standard InChI is InChI=1S/C24H29N5O2S/c1-16-7-10-29(11-8-16)21-13-17(2)3-5-20(21)23(30)27-18-4-6-22(26-14-18)31-12-9-19-15-32-24(25)28-19/h3-6,13-16H,7-12H2,1-2H3,(H2,25,28)(H,27,30). The first kappa shape index (κ1) is 22.1. The first-order chi connectivity index (χ1) is 15.5. The zero-order chi connectivity index (χ0) is 22.5. The van der Waals surface area contributed by atoms with Crippen molar-refractivity contribution < 1.29 is 9.53 Å². The highest BCUT2D eigenvalue weighted by molar-refractivity contribution is 7.13. The molecule has 2 aromatic heterocycles. The van der Waals surface area contributed by atoms with Gasteiger partial charge in [0.05, 0.1) is 29.7 Å². The zero-order valence-electron chi connectivity index (χ0n) is 18.5. The molecular formula is C24H29N5O2S. The number of nitrogen functional groups attached to an aromatic ring is 1. The second-order valence-electron chi connectivity index (χ2n) is 8.30. The summed E-state index contributed by atoms with van der Waals surface area (Å²) in [4.78, 5) is 23.9. The summed E-state index contributed by atoms with van der Waals surface area (Å²) < 4.78 is 5.68. The molecule has 1 amide bonds.